The minimum absolute atomic E-state index is 0.0129. The molecule has 0 fully saturated rings. The fraction of sp³-hybridized carbons (Fsp3) is 0.152. The van der Waals surface area contributed by atoms with E-state index in [0.717, 1.165) is 0 Å². The summed E-state index contributed by atoms with van der Waals surface area (Å²) in [7, 11) is 3.83. The Morgan fingerprint density at radius 1 is 0.465 bits per heavy atom. The number of ether oxygens (including phenoxy) is 3. The number of phenolic OH excluding ortho intramolecular Hbond substituents is 3. The van der Waals surface area contributed by atoms with E-state index in [1.165, 1.54) is 57.7 Å². The summed E-state index contributed by atoms with van der Waals surface area (Å²) in [5, 5.41) is 33.0. The number of ketones is 4. The average molecular weight is 581 g/mol. The SMILES string of the molecule is COc1cc2c(c(O)c1-c1c(OC)cc3c(c1OC)C(=O)c1c(O)cc(C)cc1C3=O)C(=O)c1c(O)cc(C)cc1C2=O. The zero-order valence-electron chi connectivity index (χ0n) is 23.7. The summed E-state index contributed by atoms with van der Waals surface area (Å²) in [6.07, 6.45) is 0. The highest BCUT2D eigenvalue weighted by Crippen LogP contribution is 2.54. The van der Waals surface area contributed by atoms with E-state index in [9.17, 15) is 34.5 Å². The smallest absolute Gasteiger partial charge is 0.202 e. The maximum absolute atomic E-state index is 13.9. The van der Waals surface area contributed by atoms with Crippen LogP contribution < -0.4 is 14.2 Å². The summed E-state index contributed by atoms with van der Waals surface area (Å²) >= 11 is 0. The largest absolute Gasteiger partial charge is 0.507 e. The lowest BCUT2D eigenvalue weighted by Gasteiger charge is -2.27. The molecule has 0 heterocycles. The average Bonchev–Trinajstić information content (AvgIpc) is 2.96. The summed E-state index contributed by atoms with van der Waals surface area (Å²) in [6.45, 7) is 3.34. The van der Waals surface area contributed by atoms with E-state index >= 15 is 0 Å². The first kappa shape index (κ1) is 27.5. The lowest BCUT2D eigenvalue weighted by atomic mass is 9.78. The van der Waals surface area contributed by atoms with Crippen LogP contribution in [0.4, 0.5) is 0 Å². The van der Waals surface area contributed by atoms with Crippen molar-refractivity contribution in [2.24, 2.45) is 0 Å². The van der Waals surface area contributed by atoms with Crippen LogP contribution in [0.5, 0.6) is 34.5 Å². The van der Waals surface area contributed by atoms with Crippen molar-refractivity contribution >= 4 is 23.1 Å². The molecule has 2 aliphatic rings. The van der Waals surface area contributed by atoms with E-state index in [1.807, 2.05) is 0 Å². The molecular weight excluding hydrogens is 556 g/mol. The Labute approximate surface area is 244 Å². The molecule has 2 aliphatic carbocycles. The Kier molecular flexibility index (Phi) is 6.05. The molecule has 0 bridgehead atoms. The van der Waals surface area contributed by atoms with Gasteiger partial charge in [-0.2, -0.15) is 0 Å². The van der Waals surface area contributed by atoms with Gasteiger partial charge in [-0.1, -0.05) is 0 Å². The Morgan fingerprint density at radius 3 is 1.35 bits per heavy atom. The number of carbonyl (C=O) groups is 4. The number of fused-ring (bicyclic) bond motifs is 4. The molecule has 0 aliphatic heterocycles. The minimum atomic E-state index is -0.806. The van der Waals surface area contributed by atoms with Gasteiger partial charge in [0.05, 0.1) is 54.7 Å². The number of rotatable bonds is 4. The van der Waals surface area contributed by atoms with E-state index in [2.05, 4.69) is 0 Å². The number of aromatic hydroxyl groups is 3. The molecule has 4 aromatic rings. The van der Waals surface area contributed by atoms with E-state index in [4.69, 9.17) is 14.2 Å². The minimum Gasteiger partial charge on any atom is -0.507 e. The lowest BCUT2D eigenvalue weighted by Crippen LogP contribution is -2.23. The van der Waals surface area contributed by atoms with Crippen LogP contribution in [-0.4, -0.2) is 59.8 Å². The van der Waals surface area contributed by atoms with Crippen molar-refractivity contribution < 1.29 is 48.7 Å². The number of carbonyl (C=O) groups excluding carboxylic acids is 4. The standard InChI is InChI=1S/C33H24O10/c1-12-6-14-22(18(34)8-12)30(38)24-16(28(14)36)10-20(41-3)26(32(24)40)27-21(42-4)11-17-25(33(27)43-5)31(39)23-15(29(17)37)7-13(2)9-19(23)35/h6-11,34-35,40H,1-5H3. The van der Waals surface area contributed by atoms with Crippen molar-refractivity contribution in [2.45, 2.75) is 13.8 Å². The molecule has 216 valence electrons. The fourth-order valence-electron chi connectivity index (χ4n) is 6.01. The number of benzene rings is 4. The first-order valence-corrected chi connectivity index (χ1v) is 13.0. The van der Waals surface area contributed by atoms with Gasteiger partial charge >= 0.3 is 0 Å². The molecule has 0 aromatic heterocycles. The van der Waals surface area contributed by atoms with Crippen LogP contribution in [0.3, 0.4) is 0 Å². The predicted octanol–water partition coefficient (Wildman–Crippen LogP) is 4.66. The molecule has 0 saturated carbocycles. The summed E-state index contributed by atoms with van der Waals surface area (Å²) in [6, 6.07) is 8.27. The predicted molar refractivity (Wildman–Crippen MR) is 153 cm³/mol. The molecule has 10 nitrogen and oxygen atoms in total. The fourth-order valence-corrected chi connectivity index (χ4v) is 6.01. The highest BCUT2D eigenvalue weighted by molar-refractivity contribution is 6.33. The molecule has 6 rings (SSSR count). The van der Waals surface area contributed by atoms with E-state index in [-0.39, 0.29) is 73.1 Å². The molecule has 0 atom stereocenters. The molecule has 3 N–H and O–H groups in total. The van der Waals surface area contributed by atoms with Crippen LogP contribution in [0.2, 0.25) is 0 Å². The van der Waals surface area contributed by atoms with Crippen LogP contribution >= 0.6 is 0 Å². The molecule has 0 radical (unpaired) electrons. The maximum Gasteiger partial charge on any atom is 0.202 e. The van der Waals surface area contributed by atoms with Gasteiger partial charge in [-0.15, -0.1) is 0 Å². The van der Waals surface area contributed by atoms with Crippen molar-refractivity contribution in [3.63, 3.8) is 0 Å². The Hall–Kier alpha value is -5.64. The van der Waals surface area contributed by atoms with Crippen LogP contribution in [-0.2, 0) is 0 Å². The molecule has 0 spiro atoms. The van der Waals surface area contributed by atoms with E-state index in [0.29, 0.717) is 11.1 Å². The van der Waals surface area contributed by atoms with Gasteiger partial charge in [-0.3, -0.25) is 19.2 Å². The zero-order valence-corrected chi connectivity index (χ0v) is 23.7. The van der Waals surface area contributed by atoms with Gasteiger partial charge in [0.25, 0.3) is 0 Å². The summed E-state index contributed by atoms with van der Waals surface area (Å²) < 4.78 is 16.9. The quantitative estimate of drug-likeness (QED) is 0.268. The van der Waals surface area contributed by atoms with Crippen molar-refractivity contribution in [3.05, 3.63) is 92.0 Å². The van der Waals surface area contributed by atoms with Crippen molar-refractivity contribution in [2.75, 3.05) is 21.3 Å². The summed E-state index contributed by atoms with van der Waals surface area (Å²) in [5.74, 6) is -4.46. The number of hydrogen-bond donors (Lipinski definition) is 3. The molecule has 10 heteroatoms. The molecule has 43 heavy (non-hydrogen) atoms. The van der Waals surface area contributed by atoms with Gasteiger partial charge in [0.2, 0.25) is 11.6 Å². The number of phenols is 3. The van der Waals surface area contributed by atoms with Crippen LogP contribution in [0.1, 0.15) is 74.8 Å². The third kappa shape index (κ3) is 3.66. The van der Waals surface area contributed by atoms with Gasteiger partial charge in [0.1, 0.15) is 34.5 Å². The first-order valence-electron chi connectivity index (χ1n) is 13.0. The van der Waals surface area contributed by atoms with Crippen molar-refractivity contribution in [1.29, 1.82) is 0 Å². The second-order valence-electron chi connectivity index (χ2n) is 10.4. The lowest BCUT2D eigenvalue weighted by molar-refractivity contribution is 0.0973. The summed E-state index contributed by atoms with van der Waals surface area (Å²) in [5.41, 5.74) is -0.362. The molecule has 4 aromatic carbocycles. The zero-order chi connectivity index (χ0) is 31.1. The molecule has 0 saturated heterocycles. The van der Waals surface area contributed by atoms with Gasteiger partial charge in [0, 0.05) is 22.3 Å². The van der Waals surface area contributed by atoms with Crippen LogP contribution in [0, 0.1) is 13.8 Å². The maximum atomic E-state index is 13.9. The van der Waals surface area contributed by atoms with E-state index in [1.54, 1.807) is 13.8 Å². The normalized spacial score (nSPS) is 13.2. The number of aryl methyl sites for hydroxylation is 2. The topological polar surface area (TPSA) is 157 Å². The van der Waals surface area contributed by atoms with E-state index < -0.39 is 40.2 Å². The first-order chi connectivity index (χ1) is 20.4. The molecule has 0 amide bonds. The van der Waals surface area contributed by atoms with Crippen LogP contribution in [0.15, 0.2) is 36.4 Å². The number of hydrogen-bond acceptors (Lipinski definition) is 10. The molecule has 0 unspecified atom stereocenters. The van der Waals surface area contributed by atoms with Crippen molar-refractivity contribution in [1.82, 2.24) is 0 Å². The second-order valence-corrected chi connectivity index (χ2v) is 10.4. The van der Waals surface area contributed by atoms with Gasteiger partial charge in [-0.25, -0.2) is 0 Å². The third-order valence-electron chi connectivity index (χ3n) is 7.81. The monoisotopic (exact) mass is 580 g/mol. The molecular formula is C33H24O10. The highest BCUT2D eigenvalue weighted by atomic mass is 16.5. The second kappa shape index (κ2) is 9.45. The Bertz CT molecular complexity index is 2000. The Morgan fingerprint density at radius 2 is 0.884 bits per heavy atom. The highest BCUT2D eigenvalue weighted by Gasteiger charge is 2.41. The van der Waals surface area contributed by atoms with Crippen molar-refractivity contribution in [3.8, 4) is 45.6 Å². The third-order valence-corrected chi connectivity index (χ3v) is 7.81. The Balaban J connectivity index is 1.69. The summed E-state index contributed by atoms with van der Waals surface area (Å²) in [4.78, 5) is 54.7. The van der Waals surface area contributed by atoms with Crippen LogP contribution in [0.25, 0.3) is 11.1 Å². The van der Waals surface area contributed by atoms with Gasteiger partial charge in [-0.05, 0) is 61.4 Å². The number of methoxy groups -OCH3 is 3. The van der Waals surface area contributed by atoms with Gasteiger partial charge in [0.15, 0.2) is 11.6 Å². The van der Waals surface area contributed by atoms with Gasteiger partial charge < -0.3 is 29.5 Å².